The van der Waals surface area contributed by atoms with Crippen molar-refractivity contribution in [3.8, 4) is 0 Å². The highest BCUT2D eigenvalue weighted by molar-refractivity contribution is 7.90. The van der Waals surface area contributed by atoms with E-state index in [2.05, 4.69) is 4.72 Å². The summed E-state index contributed by atoms with van der Waals surface area (Å²) in [6.07, 6.45) is 0.527. The molecule has 0 radical (unpaired) electrons. The maximum atomic E-state index is 11.4. The molecule has 0 aliphatic heterocycles. The van der Waals surface area contributed by atoms with E-state index in [-0.39, 0.29) is 6.54 Å². The zero-order valence-corrected chi connectivity index (χ0v) is 8.93. The van der Waals surface area contributed by atoms with Crippen LogP contribution in [-0.2, 0) is 14.8 Å². The minimum atomic E-state index is -3.25. The van der Waals surface area contributed by atoms with E-state index < -0.39 is 15.3 Å². The quantitative estimate of drug-likeness (QED) is 0.544. The predicted octanol–water partition coefficient (Wildman–Crippen LogP) is -0.710. The summed E-state index contributed by atoms with van der Waals surface area (Å²) >= 11 is 0. The molecule has 0 aromatic rings. The van der Waals surface area contributed by atoms with Crippen molar-refractivity contribution in [1.82, 2.24) is 4.72 Å². The van der Waals surface area contributed by atoms with Gasteiger partial charge >= 0.3 is 0 Å². The van der Waals surface area contributed by atoms with Crippen molar-refractivity contribution >= 4 is 10.0 Å². The van der Waals surface area contributed by atoms with E-state index in [1.807, 2.05) is 0 Å². The molecular weight excluding hydrogens is 192 g/mol. The molecule has 0 aliphatic rings. The molecule has 0 heterocycles. The topological polar surface area (TPSA) is 81.4 Å². The predicted molar refractivity (Wildman–Crippen MR) is 51.9 cm³/mol. The van der Waals surface area contributed by atoms with Crippen molar-refractivity contribution in [2.45, 2.75) is 18.6 Å². The molecule has 0 bridgehead atoms. The summed E-state index contributed by atoms with van der Waals surface area (Å²) in [6, 6.07) is 0. The molecule has 1 atom stereocenters. The van der Waals surface area contributed by atoms with Crippen LogP contribution >= 0.6 is 0 Å². The summed E-state index contributed by atoms with van der Waals surface area (Å²) in [4.78, 5) is 0. The summed E-state index contributed by atoms with van der Waals surface area (Å²) in [6.45, 7) is 2.63. The number of sulfonamides is 1. The van der Waals surface area contributed by atoms with Crippen LogP contribution in [0.3, 0.4) is 0 Å². The standard InChI is InChI=1S/C7H18N2O3S/c1-3-7(6-8)13(10,11)9-4-5-12-2/h7,9H,3-6,8H2,1-2H3. The number of nitrogens with two attached hydrogens (primary N) is 1. The monoisotopic (exact) mass is 210 g/mol. The second-order valence-corrected chi connectivity index (χ2v) is 4.74. The molecule has 0 fully saturated rings. The summed E-state index contributed by atoms with van der Waals surface area (Å²) in [5, 5.41) is -0.496. The Morgan fingerprint density at radius 2 is 2.15 bits per heavy atom. The van der Waals surface area contributed by atoms with Crippen molar-refractivity contribution in [3.63, 3.8) is 0 Å². The van der Waals surface area contributed by atoms with Crippen LogP contribution in [-0.4, -0.2) is 40.5 Å². The number of ether oxygens (including phenoxy) is 1. The van der Waals surface area contributed by atoms with Crippen LogP contribution < -0.4 is 10.5 Å². The molecule has 0 spiro atoms. The van der Waals surface area contributed by atoms with E-state index in [9.17, 15) is 8.42 Å². The van der Waals surface area contributed by atoms with Gasteiger partial charge in [0.2, 0.25) is 10.0 Å². The van der Waals surface area contributed by atoms with Crippen LogP contribution in [0, 0.1) is 0 Å². The second kappa shape index (κ2) is 6.31. The summed E-state index contributed by atoms with van der Waals surface area (Å²) < 4.78 is 30.0. The molecule has 0 aliphatic carbocycles. The number of hydrogen-bond acceptors (Lipinski definition) is 4. The molecule has 0 rings (SSSR count). The largest absolute Gasteiger partial charge is 0.383 e. The minimum Gasteiger partial charge on any atom is -0.383 e. The van der Waals surface area contributed by atoms with Gasteiger partial charge in [0, 0.05) is 20.2 Å². The number of methoxy groups -OCH3 is 1. The van der Waals surface area contributed by atoms with E-state index in [4.69, 9.17) is 10.5 Å². The van der Waals surface area contributed by atoms with Crippen molar-refractivity contribution < 1.29 is 13.2 Å². The smallest absolute Gasteiger partial charge is 0.215 e. The van der Waals surface area contributed by atoms with Gasteiger partial charge in [0.25, 0.3) is 0 Å². The summed E-state index contributed by atoms with van der Waals surface area (Å²) in [5.74, 6) is 0. The fourth-order valence-corrected chi connectivity index (χ4v) is 2.21. The Balaban J connectivity index is 4.05. The zero-order valence-electron chi connectivity index (χ0n) is 8.12. The van der Waals surface area contributed by atoms with Gasteiger partial charge in [-0.25, -0.2) is 13.1 Å². The van der Waals surface area contributed by atoms with Crippen molar-refractivity contribution in [3.05, 3.63) is 0 Å². The van der Waals surface area contributed by atoms with E-state index >= 15 is 0 Å². The molecule has 6 heteroatoms. The van der Waals surface area contributed by atoms with Gasteiger partial charge in [-0.15, -0.1) is 0 Å². The van der Waals surface area contributed by atoms with Crippen molar-refractivity contribution in [2.24, 2.45) is 5.73 Å². The maximum absolute atomic E-state index is 11.4. The highest BCUT2D eigenvalue weighted by atomic mass is 32.2. The van der Waals surface area contributed by atoms with Crippen molar-refractivity contribution in [2.75, 3.05) is 26.8 Å². The molecule has 0 aromatic carbocycles. The van der Waals surface area contributed by atoms with Gasteiger partial charge in [-0.1, -0.05) is 6.92 Å². The molecule has 13 heavy (non-hydrogen) atoms. The van der Waals surface area contributed by atoms with Gasteiger partial charge < -0.3 is 10.5 Å². The van der Waals surface area contributed by atoms with E-state index in [1.165, 1.54) is 7.11 Å². The summed E-state index contributed by atoms with van der Waals surface area (Å²) in [7, 11) is -1.73. The van der Waals surface area contributed by atoms with Gasteiger partial charge in [0.05, 0.1) is 11.9 Å². The maximum Gasteiger partial charge on any atom is 0.215 e. The average molecular weight is 210 g/mol. The lowest BCUT2D eigenvalue weighted by Crippen LogP contribution is -2.39. The fourth-order valence-electron chi connectivity index (χ4n) is 0.917. The van der Waals surface area contributed by atoms with Crippen LogP contribution in [0.1, 0.15) is 13.3 Å². The van der Waals surface area contributed by atoms with Gasteiger partial charge in [0.1, 0.15) is 0 Å². The Morgan fingerprint density at radius 3 is 2.54 bits per heavy atom. The fraction of sp³-hybridized carbons (Fsp3) is 1.00. The van der Waals surface area contributed by atoms with E-state index in [0.717, 1.165) is 0 Å². The lowest BCUT2D eigenvalue weighted by molar-refractivity contribution is 0.204. The van der Waals surface area contributed by atoms with Crippen LogP contribution in [0.4, 0.5) is 0 Å². The van der Waals surface area contributed by atoms with Crippen LogP contribution in [0.5, 0.6) is 0 Å². The minimum absolute atomic E-state index is 0.152. The molecule has 80 valence electrons. The van der Waals surface area contributed by atoms with Gasteiger partial charge in [-0.2, -0.15) is 0 Å². The molecule has 0 saturated carbocycles. The highest BCUT2D eigenvalue weighted by Gasteiger charge is 2.20. The van der Waals surface area contributed by atoms with Gasteiger partial charge in [0.15, 0.2) is 0 Å². The number of rotatable bonds is 7. The first-order valence-corrected chi connectivity index (χ1v) is 5.80. The third kappa shape index (κ3) is 4.56. The molecule has 0 amide bonds. The third-order valence-electron chi connectivity index (χ3n) is 1.77. The summed E-state index contributed by atoms with van der Waals surface area (Å²) in [5.41, 5.74) is 5.32. The van der Waals surface area contributed by atoms with Crippen LogP contribution in [0.25, 0.3) is 0 Å². The van der Waals surface area contributed by atoms with E-state index in [1.54, 1.807) is 6.92 Å². The number of hydrogen-bond donors (Lipinski definition) is 2. The lowest BCUT2D eigenvalue weighted by Gasteiger charge is -2.13. The average Bonchev–Trinajstić information content (AvgIpc) is 2.06. The molecule has 1 unspecified atom stereocenters. The first-order valence-electron chi connectivity index (χ1n) is 4.26. The highest BCUT2D eigenvalue weighted by Crippen LogP contribution is 2.01. The first-order chi connectivity index (χ1) is 6.08. The normalized spacial score (nSPS) is 14.4. The molecule has 5 nitrogen and oxygen atoms in total. The third-order valence-corrected chi connectivity index (χ3v) is 3.78. The van der Waals surface area contributed by atoms with Crippen LogP contribution in [0.2, 0.25) is 0 Å². The Morgan fingerprint density at radius 1 is 1.54 bits per heavy atom. The molecule has 0 aromatic heterocycles. The Labute approximate surface area is 79.7 Å². The van der Waals surface area contributed by atoms with E-state index in [0.29, 0.717) is 19.6 Å². The Kier molecular flexibility index (Phi) is 6.23. The van der Waals surface area contributed by atoms with Crippen LogP contribution in [0.15, 0.2) is 0 Å². The molecule has 0 saturated heterocycles. The Bertz CT molecular complexity index is 212. The molecular formula is C7H18N2O3S. The van der Waals surface area contributed by atoms with Gasteiger partial charge in [-0.3, -0.25) is 0 Å². The van der Waals surface area contributed by atoms with Crippen molar-refractivity contribution in [1.29, 1.82) is 0 Å². The first kappa shape index (κ1) is 12.8. The number of nitrogens with one attached hydrogen (secondary N) is 1. The molecule has 3 N–H and O–H groups in total. The van der Waals surface area contributed by atoms with Gasteiger partial charge in [-0.05, 0) is 6.42 Å². The Hall–Kier alpha value is -0.170. The lowest BCUT2D eigenvalue weighted by atomic mass is 10.3. The second-order valence-electron chi connectivity index (χ2n) is 2.70. The SMILES string of the molecule is CCC(CN)S(=O)(=O)NCCOC. The zero-order chi connectivity index (χ0) is 10.3.